The van der Waals surface area contributed by atoms with E-state index in [2.05, 4.69) is 12.2 Å². The minimum Gasteiger partial charge on any atom is -0.501 e. The Hall–Kier alpha value is -0.540. The first-order valence-electron chi connectivity index (χ1n) is 5.50. The Kier molecular flexibility index (Phi) is 2.79. The summed E-state index contributed by atoms with van der Waals surface area (Å²) in [4.78, 5) is 0. The quantitative estimate of drug-likeness (QED) is 0.663. The van der Waals surface area contributed by atoms with E-state index in [0.717, 1.165) is 44.4 Å². The van der Waals surface area contributed by atoms with Crippen LogP contribution in [0.15, 0.2) is 11.8 Å². The lowest BCUT2D eigenvalue weighted by Gasteiger charge is -2.41. The number of ether oxygens (including phenoxy) is 1. The number of piperidine rings is 1. The maximum Gasteiger partial charge on any atom is 0.104 e. The third kappa shape index (κ3) is 1.66. The van der Waals surface area contributed by atoms with Crippen LogP contribution in [0.1, 0.15) is 32.6 Å². The molecule has 1 saturated heterocycles. The Balaban J connectivity index is 2.15. The van der Waals surface area contributed by atoms with E-state index in [1.165, 1.54) is 0 Å². The number of hydrogen-bond acceptors (Lipinski definition) is 3. The van der Waals surface area contributed by atoms with Gasteiger partial charge in [-0.15, -0.1) is 0 Å². The van der Waals surface area contributed by atoms with E-state index < -0.39 is 5.60 Å². The molecule has 3 nitrogen and oxygen atoms in total. The largest absolute Gasteiger partial charge is 0.501 e. The van der Waals surface area contributed by atoms with Crippen LogP contribution in [0.25, 0.3) is 0 Å². The van der Waals surface area contributed by atoms with Gasteiger partial charge in [0.25, 0.3) is 0 Å². The molecule has 0 bridgehead atoms. The average Bonchev–Trinajstić information content (AvgIpc) is 2.24. The summed E-state index contributed by atoms with van der Waals surface area (Å²) >= 11 is 0. The highest BCUT2D eigenvalue weighted by atomic mass is 16.5. The van der Waals surface area contributed by atoms with Crippen molar-refractivity contribution in [1.82, 2.24) is 5.32 Å². The van der Waals surface area contributed by atoms with Crippen LogP contribution in [-0.2, 0) is 4.74 Å². The lowest BCUT2D eigenvalue weighted by Crippen LogP contribution is -2.54. The molecule has 0 aromatic carbocycles. The minimum atomic E-state index is -0.668. The lowest BCUT2D eigenvalue weighted by atomic mass is 9.79. The van der Waals surface area contributed by atoms with E-state index in [1.54, 1.807) is 6.26 Å². The Bertz CT molecular complexity index is 239. The van der Waals surface area contributed by atoms with Gasteiger partial charge in [-0.1, -0.05) is 0 Å². The average molecular weight is 197 g/mol. The fraction of sp³-hybridized carbons (Fsp3) is 0.818. The van der Waals surface area contributed by atoms with Crippen LogP contribution in [0.2, 0.25) is 0 Å². The molecule has 14 heavy (non-hydrogen) atoms. The lowest BCUT2D eigenvalue weighted by molar-refractivity contribution is 0.00617. The molecular weight excluding hydrogens is 178 g/mol. The van der Waals surface area contributed by atoms with E-state index in [4.69, 9.17) is 4.74 Å². The fourth-order valence-electron chi connectivity index (χ4n) is 2.38. The summed E-state index contributed by atoms with van der Waals surface area (Å²) in [6, 6.07) is 0.143. The maximum atomic E-state index is 10.6. The molecule has 2 atom stereocenters. The molecule has 0 aromatic rings. The van der Waals surface area contributed by atoms with E-state index in [1.807, 2.05) is 0 Å². The normalized spacial score (nSPS) is 38.7. The molecular formula is C11H19NO2. The van der Waals surface area contributed by atoms with Crippen LogP contribution in [0.3, 0.4) is 0 Å². The Morgan fingerprint density at radius 3 is 3.07 bits per heavy atom. The second-order valence-corrected chi connectivity index (χ2v) is 4.32. The molecule has 2 rings (SSSR count). The van der Waals surface area contributed by atoms with Gasteiger partial charge in [0, 0.05) is 6.04 Å². The number of rotatable bonds is 1. The standard InChI is InChI=1S/C11H19NO2/c1-9-11(13,5-3-6-12-9)10-4-2-7-14-8-10/h8-9,12-13H,2-7H2,1H3. The molecule has 80 valence electrons. The third-order valence-electron chi connectivity index (χ3n) is 3.39. The molecule has 1 fully saturated rings. The second kappa shape index (κ2) is 3.91. The molecule has 2 heterocycles. The summed E-state index contributed by atoms with van der Waals surface area (Å²) in [5.74, 6) is 0. The van der Waals surface area contributed by atoms with Crippen LogP contribution in [-0.4, -0.2) is 29.9 Å². The smallest absolute Gasteiger partial charge is 0.104 e. The highest BCUT2D eigenvalue weighted by Gasteiger charge is 2.39. The second-order valence-electron chi connectivity index (χ2n) is 4.32. The van der Waals surface area contributed by atoms with Crippen LogP contribution in [0.5, 0.6) is 0 Å². The first-order valence-corrected chi connectivity index (χ1v) is 5.50. The van der Waals surface area contributed by atoms with Crippen LogP contribution < -0.4 is 5.32 Å². The van der Waals surface area contributed by atoms with Gasteiger partial charge < -0.3 is 15.2 Å². The number of aliphatic hydroxyl groups is 1. The van der Waals surface area contributed by atoms with Crippen molar-refractivity contribution >= 4 is 0 Å². The molecule has 0 aliphatic carbocycles. The van der Waals surface area contributed by atoms with Crippen molar-refractivity contribution in [2.24, 2.45) is 0 Å². The summed E-state index contributed by atoms with van der Waals surface area (Å²) in [6.07, 6.45) is 5.67. The summed E-state index contributed by atoms with van der Waals surface area (Å²) in [5.41, 5.74) is 0.405. The van der Waals surface area contributed by atoms with Crippen molar-refractivity contribution in [3.63, 3.8) is 0 Å². The topological polar surface area (TPSA) is 41.5 Å². The van der Waals surface area contributed by atoms with Crippen molar-refractivity contribution in [2.75, 3.05) is 13.2 Å². The summed E-state index contributed by atoms with van der Waals surface area (Å²) in [6.45, 7) is 3.85. The van der Waals surface area contributed by atoms with Crippen molar-refractivity contribution in [1.29, 1.82) is 0 Å². The Labute approximate surface area is 85.1 Å². The highest BCUT2D eigenvalue weighted by molar-refractivity contribution is 5.20. The van der Waals surface area contributed by atoms with Gasteiger partial charge in [-0.25, -0.2) is 0 Å². The molecule has 2 N–H and O–H groups in total. The van der Waals surface area contributed by atoms with Gasteiger partial charge >= 0.3 is 0 Å². The maximum absolute atomic E-state index is 10.6. The molecule has 3 heteroatoms. The van der Waals surface area contributed by atoms with Gasteiger partial charge in [0.2, 0.25) is 0 Å². The molecule has 0 saturated carbocycles. The Morgan fingerprint density at radius 1 is 1.57 bits per heavy atom. The van der Waals surface area contributed by atoms with Crippen molar-refractivity contribution in [3.8, 4) is 0 Å². The highest BCUT2D eigenvalue weighted by Crippen LogP contribution is 2.33. The molecule has 0 radical (unpaired) electrons. The molecule has 2 unspecified atom stereocenters. The van der Waals surface area contributed by atoms with Gasteiger partial charge in [0.05, 0.1) is 12.9 Å². The molecule has 2 aliphatic heterocycles. The van der Waals surface area contributed by atoms with Crippen LogP contribution in [0, 0.1) is 0 Å². The Morgan fingerprint density at radius 2 is 2.43 bits per heavy atom. The predicted octanol–water partition coefficient (Wildman–Crippen LogP) is 1.18. The molecule has 0 spiro atoms. The van der Waals surface area contributed by atoms with Gasteiger partial charge in [-0.05, 0) is 44.7 Å². The van der Waals surface area contributed by atoms with Gasteiger partial charge in [0.1, 0.15) is 5.60 Å². The monoisotopic (exact) mass is 197 g/mol. The van der Waals surface area contributed by atoms with E-state index in [9.17, 15) is 5.11 Å². The van der Waals surface area contributed by atoms with E-state index >= 15 is 0 Å². The minimum absolute atomic E-state index is 0.143. The third-order valence-corrected chi connectivity index (χ3v) is 3.39. The van der Waals surface area contributed by atoms with Crippen LogP contribution >= 0.6 is 0 Å². The van der Waals surface area contributed by atoms with Crippen molar-refractivity contribution < 1.29 is 9.84 Å². The molecule has 0 amide bonds. The van der Waals surface area contributed by atoms with E-state index in [0.29, 0.717) is 0 Å². The SMILES string of the molecule is CC1NCCCC1(O)C1=COCCC1. The zero-order chi connectivity index (χ0) is 10.0. The zero-order valence-electron chi connectivity index (χ0n) is 8.75. The predicted molar refractivity (Wildman–Crippen MR) is 54.9 cm³/mol. The summed E-state index contributed by atoms with van der Waals surface area (Å²) in [7, 11) is 0. The van der Waals surface area contributed by atoms with Gasteiger partial charge in [0.15, 0.2) is 0 Å². The number of hydrogen-bond donors (Lipinski definition) is 2. The summed E-state index contributed by atoms with van der Waals surface area (Å²) < 4.78 is 5.30. The van der Waals surface area contributed by atoms with Gasteiger partial charge in [-0.2, -0.15) is 0 Å². The molecule has 0 aromatic heterocycles. The number of nitrogens with one attached hydrogen (secondary N) is 1. The van der Waals surface area contributed by atoms with E-state index in [-0.39, 0.29) is 6.04 Å². The van der Waals surface area contributed by atoms with Crippen molar-refractivity contribution in [2.45, 2.75) is 44.2 Å². The first kappa shape index (κ1) is 9.99. The van der Waals surface area contributed by atoms with Gasteiger partial charge in [-0.3, -0.25) is 0 Å². The van der Waals surface area contributed by atoms with Crippen molar-refractivity contribution in [3.05, 3.63) is 11.8 Å². The zero-order valence-corrected chi connectivity index (χ0v) is 8.75. The molecule has 2 aliphatic rings. The fourth-order valence-corrected chi connectivity index (χ4v) is 2.38. The first-order chi connectivity index (χ1) is 6.73. The van der Waals surface area contributed by atoms with Crippen LogP contribution in [0.4, 0.5) is 0 Å². The summed E-state index contributed by atoms with van der Waals surface area (Å²) in [5, 5.41) is 13.9.